The van der Waals surface area contributed by atoms with Gasteiger partial charge in [-0.05, 0) is 84.8 Å². The highest BCUT2D eigenvalue weighted by Gasteiger charge is 2.16. The number of aryl methyl sites for hydroxylation is 1. The zero-order chi connectivity index (χ0) is 15.4. The molecule has 0 heterocycles. The number of anilines is 1. The highest BCUT2D eigenvalue weighted by Crippen LogP contribution is 2.22. The molecular formula is C17H18INO2. The third-order valence-corrected chi connectivity index (χ3v) is 4.06. The van der Waals surface area contributed by atoms with Gasteiger partial charge in [0.2, 0.25) is 0 Å². The lowest BCUT2D eigenvalue weighted by atomic mass is 10.1. The van der Waals surface area contributed by atoms with E-state index in [-0.39, 0.29) is 5.91 Å². The largest absolute Gasteiger partial charge is 0.481 e. The fourth-order valence-corrected chi connectivity index (χ4v) is 2.23. The molecule has 1 N–H and O–H groups in total. The second kappa shape index (κ2) is 6.93. The number of amides is 1. The second-order valence-corrected chi connectivity index (χ2v) is 6.20. The molecule has 1 amide bonds. The number of carbonyl (C=O) groups is 1. The van der Waals surface area contributed by atoms with Gasteiger partial charge < -0.3 is 10.1 Å². The Kier molecular flexibility index (Phi) is 5.22. The van der Waals surface area contributed by atoms with Crippen molar-refractivity contribution in [2.75, 3.05) is 5.32 Å². The molecule has 0 aliphatic rings. The van der Waals surface area contributed by atoms with Crippen molar-refractivity contribution in [3.63, 3.8) is 0 Å². The molecule has 0 aliphatic heterocycles. The van der Waals surface area contributed by atoms with E-state index < -0.39 is 6.10 Å². The van der Waals surface area contributed by atoms with Gasteiger partial charge in [-0.15, -0.1) is 0 Å². The van der Waals surface area contributed by atoms with E-state index in [1.165, 1.54) is 0 Å². The van der Waals surface area contributed by atoms with Crippen molar-refractivity contribution in [3.05, 3.63) is 57.2 Å². The number of ether oxygens (including phenoxy) is 1. The monoisotopic (exact) mass is 395 g/mol. The Bertz CT molecular complexity index is 638. The van der Waals surface area contributed by atoms with Crippen LogP contribution in [0.25, 0.3) is 0 Å². The molecule has 3 nitrogen and oxygen atoms in total. The van der Waals surface area contributed by atoms with E-state index in [1.54, 1.807) is 6.92 Å². The van der Waals surface area contributed by atoms with E-state index >= 15 is 0 Å². The number of carbonyl (C=O) groups excluding carboxylic acids is 1. The summed E-state index contributed by atoms with van der Waals surface area (Å²) < 4.78 is 6.90. The lowest BCUT2D eigenvalue weighted by molar-refractivity contribution is -0.122. The standard InChI is InChI=1S/C17H18INO2/c1-11-5-4-6-16(12(11)2)21-13(3)17(20)19-15-9-7-14(18)8-10-15/h4-10,13H,1-3H3,(H,19,20)/t13-/m0/s1. The van der Waals surface area contributed by atoms with E-state index in [0.717, 1.165) is 26.1 Å². The minimum Gasteiger partial charge on any atom is -0.481 e. The summed E-state index contributed by atoms with van der Waals surface area (Å²) in [5.74, 6) is 0.595. The Morgan fingerprint density at radius 2 is 1.81 bits per heavy atom. The molecule has 2 rings (SSSR count). The van der Waals surface area contributed by atoms with Crippen molar-refractivity contribution in [2.24, 2.45) is 0 Å². The minimum absolute atomic E-state index is 0.155. The first-order valence-corrected chi connectivity index (χ1v) is 7.84. The van der Waals surface area contributed by atoms with Gasteiger partial charge in [-0.25, -0.2) is 0 Å². The van der Waals surface area contributed by atoms with Crippen molar-refractivity contribution in [2.45, 2.75) is 26.9 Å². The Balaban J connectivity index is 2.02. The van der Waals surface area contributed by atoms with Crippen LogP contribution in [0.1, 0.15) is 18.1 Å². The third-order valence-electron chi connectivity index (χ3n) is 3.34. The zero-order valence-electron chi connectivity index (χ0n) is 12.3. The second-order valence-electron chi connectivity index (χ2n) is 4.95. The molecule has 0 radical (unpaired) electrons. The first kappa shape index (κ1) is 15.8. The quantitative estimate of drug-likeness (QED) is 0.784. The van der Waals surface area contributed by atoms with Crippen molar-refractivity contribution in [1.82, 2.24) is 0 Å². The van der Waals surface area contributed by atoms with Gasteiger partial charge in [0.25, 0.3) is 5.91 Å². The number of halogens is 1. The van der Waals surface area contributed by atoms with Gasteiger partial charge in [0.05, 0.1) is 0 Å². The van der Waals surface area contributed by atoms with Crippen LogP contribution in [0.2, 0.25) is 0 Å². The molecule has 21 heavy (non-hydrogen) atoms. The van der Waals surface area contributed by atoms with Crippen LogP contribution >= 0.6 is 22.6 Å². The molecule has 0 spiro atoms. The topological polar surface area (TPSA) is 38.3 Å². The average Bonchev–Trinajstić information content (AvgIpc) is 2.46. The van der Waals surface area contributed by atoms with E-state index in [9.17, 15) is 4.79 Å². The van der Waals surface area contributed by atoms with Gasteiger partial charge in [0.15, 0.2) is 6.10 Å². The van der Waals surface area contributed by atoms with Crippen LogP contribution in [0.4, 0.5) is 5.69 Å². The Labute approximate surface area is 138 Å². The van der Waals surface area contributed by atoms with Gasteiger partial charge in [0, 0.05) is 9.26 Å². The molecule has 4 heteroatoms. The third kappa shape index (κ3) is 4.20. The highest BCUT2D eigenvalue weighted by molar-refractivity contribution is 14.1. The van der Waals surface area contributed by atoms with Crippen LogP contribution in [-0.4, -0.2) is 12.0 Å². The predicted molar refractivity (Wildman–Crippen MR) is 93.8 cm³/mol. The van der Waals surface area contributed by atoms with E-state index in [0.29, 0.717) is 0 Å². The summed E-state index contributed by atoms with van der Waals surface area (Å²) in [7, 11) is 0. The molecule has 0 aliphatic carbocycles. The maximum atomic E-state index is 12.2. The van der Waals surface area contributed by atoms with Crippen LogP contribution < -0.4 is 10.1 Å². The number of hydrogen-bond acceptors (Lipinski definition) is 2. The van der Waals surface area contributed by atoms with Crippen molar-refractivity contribution < 1.29 is 9.53 Å². The lowest BCUT2D eigenvalue weighted by Crippen LogP contribution is -2.30. The smallest absolute Gasteiger partial charge is 0.265 e. The fourth-order valence-electron chi connectivity index (χ4n) is 1.87. The highest BCUT2D eigenvalue weighted by atomic mass is 127. The Morgan fingerprint density at radius 3 is 2.48 bits per heavy atom. The minimum atomic E-state index is -0.551. The first-order chi connectivity index (χ1) is 9.97. The first-order valence-electron chi connectivity index (χ1n) is 6.76. The summed E-state index contributed by atoms with van der Waals surface area (Å²) in [6, 6.07) is 13.5. The molecule has 1 atom stereocenters. The number of nitrogens with one attached hydrogen (secondary N) is 1. The van der Waals surface area contributed by atoms with Gasteiger partial charge in [0.1, 0.15) is 5.75 Å². The van der Waals surface area contributed by atoms with Crippen molar-refractivity contribution >= 4 is 34.2 Å². The average molecular weight is 395 g/mol. The van der Waals surface area contributed by atoms with Crippen molar-refractivity contribution in [3.8, 4) is 5.75 Å². The van der Waals surface area contributed by atoms with Crippen LogP contribution in [0.5, 0.6) is 5.75 Å². The summed E-state index contributed by atoms with van der Waals surface area (Å²) in [5.41, 5.74) is 2.99. The molecule has 110 valence electrons. The van der Waals surface area contributed by atoms with Crippen LogP contribution in [0.15, 0.2) is 42.5 Å². The fraction of sp³-hybridized carbons (Fsp3) is 0.235. The molecular weight excluding hydrogens is 377 g/mol. The SMILES string of the molecule is Cc1cccc(O[C@@H](C)C(=O)Nc2ccc(I)cc2)c1C. The van der Waals surface area contributed by atoms with Crippen LogP contribution in [0, 0.1) is 17.4 Å². The molecule has 0 bridgehead atoms. The Hall–Kier alpha value is -1.56. The summed E-state index contributed by atoms with van der Waals surface area (Å²) in [6.45, 7) is 5.77. The summed E-state index contributed by atoms with van der Waals surface area (Å²) in [6.07, 6.45) is -0.551. The van der Waals surface area contributed by atoms with E-state index in [1.807, 2.05) is 56.3 Å². The van der Waals surface area contributed by atoms with E-state index in [4.69, 9.17) is 4.74 Å². The van der Waals surface area contributed by atoms with Crippen molar-refractivity contribution in [1.29, 1.82) is 0 Å². The normalized spacial score (nSPS) is 11.8. The maximum Gasteiger partial charge on any atom is 0.265 e. The molecule has 0 aromatic heterocycles. The van der Waals surface area contributed by atoms with Gasteiger partial charge in [-0.1, -0.05) is 12.1 Å². The van der Waals surface area contributed by atoms with E-state index in [2.05, 4.69) is 27.9 Å². The molecule has 2 aromatic rings. The van der Waals surface area contributed by atoms with Crippen LogP contribution in [-0.2, 0) is 4.79 Å². The summed E-state index contributed by atoms with van der Waals surface area (Å²) in [4.78, 5) is 12.2. The predicted octanol–water partition coefficient (Wildman–Crippen LogP) is 4.31. The zero-order valence-corrected chi connectivity index (χ0v) is 14.5. The number of rotatable bonds is 4. The number of benzene rings is 2. The van der Waals surface area contributed by atoms with Gasteiger partial charge in [-0.3, -0.25) is 4.79 Å². The number of hydrogen-bond donors (Lipinski definition) is 1. The summed E-state index contributed by atoms with van der Waals surface area (Å²) in [5, 5.41) is 2.86. The van der Waals surface area contributed by atoms with Gasteiger partial charge in [-0.2, -0.15) is 0 Å². The molecule has 2 aromatic carbocycles. The molecule has 0 saturated carbocycles. The molecule has 0 fully saturated rings. The molecule has 0 unspecified atom stereocenters. The van der Waals surface area contributed by atoms with Crippen LogP contribution in [0.3, 0.4) is 0 Å². The maximum absolute atomic E-state index is 12.2. The summed E-state index contributed by atoms with van der Waals surface area (Å²) >= 11 is 2.23. The van der Waals surface area contributed by atoms with Gasteiger partial charge >= 0.3 is 0 Å². The Morgan fingerprint density at radius 1 is 1.14 bits per heavy atom. The molecule has 0 saturated heterocycles. The lowest BCUT2D eigenvalue weighted by Gasteiger charge is -2.17.